The first kappa shape index (κ1) is 17.1. The quantitative estimate of drug-likeness (QED) is 0.651. The van der Waals surface area contributed by atoms with Crippen LogP contribution < -0.4 is 10.0 Å². The van der Waals surface area contributed by atoms with E-state index in [1.165, 1.54) is 6.20 Å². The van der Waals surface area contributed by atoms with Crippen LogP contribution in [0.3, 0.4) is 0 Å². The molecule has 136 valence electrons. The van der Waals surface area contributed by atoms with E-state index in [0.29, 0.717) is 0 Å². The average molecular weight is 371 g/mol. The Morgan fingerprint density at radius 2 is 1.96 bits per heavy atom. The second-order valence-electron chi connectivity index (χ2n) is 6.60. The summed E-state index contributed by atoms with van der Waals surface area (Å²) in [5.74, 6) is 0. The van der Waals surface area contributed by atoms with Gasteiger partial charge in [-0.25, -0.2) is 18.1 Å². The zero-order chi connectivity index (χ0) is 18.1. The highest BCUT2D eigenvalue weighted by Gasteiger charge is 2.22. The fraction of sp³-hybridized carbons (Fsp3) is 0.333. The summed E-state index contributed by atoms with van der Waals surface area (Å²) in [7, 11) is -3.56. The Morgan fingerprint density at radius 1 is 1.15 bits per heavy atom. The van der Waals surface area contributed by atoms with E-state index >= 15 is 0 Å². The van der Waals surface area contributed by atoms with E-state index in [9.17, 15) is 8.42 Å². The van der Waals surface area contributed by atoms with Crippen molar-refractivity contribution < 1.29 is 8.42 Å². The maximum absolute atomic E-state index is 12.6. The minimum absolute atomic E-state index is 0.0245. The van der Waals surface area contributed by atoms with E-state index in [1.54, 1.807) is 18.3 Å². The average Bonchev–Trinajstić information content (AvgIpc) is 3.02. The Morgan fingerprint density at radius 3 is 2.69 bits per heavy atom. The van der Waals surface area contributed by atoms with Crippen LogP contribution in [0.4, 0.5) is 0 Å². The molecule has 0 aromatic carbocycles. The Labute approximate surface area is 152 Å². The number of nitrogens with zero attached hydrogens (tertiary/aromatic N) is 2. The Hall–Kier alpha value is -2.29. The Balaban J connectivity index is 1.61. The van der Waals surface area contributed by atoms with Crippen molar-refractivity contribution in [2.75, 3.05) is 13.1 Å². The van der Waals surface area contributed by atoms with E-state index < -0.39 is 10.0 Å². The van der Waals surface area contributed by atoms with Gasteiger partial charge in [0.25, 0.3) is 0 Å². The van der Waals surface area contributed by atoms with Crippen LogP contribution in [0.25, 0.3) is 22.3 Å². The number of nitrogens with one attached hydrogen (secondary N) is 3. The molecule has 0 unspecified atom stereocenters. The molecule has 3 N–H and O–H groups in total. The number of sulfonamides is 1. The molecule has 4 rings (SSSR count). The van der Waals surface area contributed by atoms with E-state index in [0.717, 1.165) is 53.9 Å². The maximum atomic E-state index is 12.6. The smallest absolute Gasteiger partial charge is 0.242 e. The fourth-order valence-electron chi connectivity index (χ4n) is 3.31. The molecule has 1 fully saturated rings. The third kappa shape index (κ3) is 3.35. The number of H-pyrrole nitrogens is 1. The molecule has 1 aliphatic rings. The topological polar surface area (TPSA) is 99.8 Å². The summed E-state index contributed by atoms with van der Waals surface area (Å²) in [6, 6.07) is 7.23. The molecule has 4 heterocycles. The van der Waals surface area contributed by atoms with Crippen molar-refractivity contribution in [2.45, 2.75) is 30.7 Å². The van der Waals surface area contributed by atoms with Gasteiger partial charge in [-0.3, -0.25) is 4.98 Å². The van der Waals surface area contributed by atoms with Crippen molar-refractivity contribution in [1.29, 1.82) is 0 Å². The molecule has 0 atom stereocenters. The van der Waals surface area contributed by atoms with Gasteiger partial charge < -0.3 is 10.3 Å². The number of rotatable bonds is 4. The number of pyridine rings is 2. The molecular formula is C18H21N5O2S. The molecule has 3 aromatic heterocycles. The highest BCUT2D eigenvalue weighted by molar-refractivity contribution is 7.89. The molecule has 0 saturated carbocycles. The van der Waals surface area contributed by atoms with Gasteiger partial charge in [0.1, 0.15) is 10.5 Å². The fourth-order valence-corrected chi connectivity index (χ4v) is 4.56. The molecule has 0 bridgehead atoms. The van der Waals surface area contributed by atoms with E-state index in [1.807, 2.05) is 19.1 Å². The van der Waals surface area contributed by atoms with Crippen molar-refractivity contribution in [2.24, 2.45) is 0 Å². The zero-order valence-corrected chi connectivity index (χ0v) is 15.3. The number of aryl methyl sites for hydroxylation is 1. The molecule has 7 nitrogen and oxygen atoms in total. The van der Waals surface area contributed by atoms with Crippen LogP contribution in [0.15, 0.2) is 41.6 Å². The van der Waals surface area contributed by atoms with Gasteiger partial charge in [0.05, 0.1) is 5.69 Å². The largest absolute Gasteiger partial charge is 0.344 e. The first-order valence-corrected chi connectivity index (χ1v) is 10.1. The minimum atomic E-state index is -3.56. The molecule has 0 radical (unpaired) electrons. The first-order chi connectivity index (χ1) is 12.5. The van der Waals surface area contributed by atoms with Gasteiger partial charge >= 0.3 is 0 Å². The Kier molecular flexibility index (Phi) is 4.47. The highest BCUT2D eigenvalue weighted by atomic mass is 32.2. The van der Waals surface area contributed by atoms with Crippen LogP contribution in [-0.4, -0.2) is 42.5 Å². The molecule has 26 heavy (non-hydrogen) atoms. The van der Waals surface area contributed by atoms with Crippen molar-refractivity contribution >= 4 is 21.1 Å². The van der Waals surface area contributed by atoms with Crippen molar-refractivity contribution in [3.05, 3.63) is 42.4 Å². The lowest BCUT2D eigenvalue weighted by Crippen LogP contribution is -2.42. The first-order valence-electron chi connectivity index (χ1n) is 8.67. The number of piperidine rings is 1. The van der Waals surface area contributed by atoms with E-state index in [-0.39, 0.29) is 10.9 Å². The third-order valence-corrected chi connectivity index (χ3v) is 6.16. The van der Waals surface area contributed by atoms with Gasteiger partial charge in [-0.15, -0.1) is 0 Å². The number of hydrogen-bond acceptors (Lipinski definition) is 5. The molecule has 0 spiro atoms. The number of hydrogen-bond donors (Lipinski definition) is 3. The van der Waals surface area contributed by atoms with E-state index in [4.69, 9.17) is 0 Å². The molecule has 0 amide bonds. The SMILES string of the molecule is Cc1cc2c(-c3ccc(S(=O)(=O)NC4CCNCC4)cn3)ccnc2[nH]1. The summed E-state index contributed by atoms with van der Waals surface area (Å²) in [5.41, 5.74) is 3.46. The van der Waals surface area contributed by atoms with Gasteiger partial charge in [-0.05, 0) is 57.1 Å². The van der Waals surface area contributed by atoms with Gasteiger partial charge in [-0.2, -0.15) is 0 Å². The van der Waals surface area contributed by atoms with Crippen molar-refractivity contribution in [3.63, 3.8) is 0 Å². The molecular weight excluding hydrogens is 350 g/mol. The predicted molar refractivity (Wildman–Crippen MR) is 100 cm³/mol. The van der Waals surface area contributed by atoms with Crippen LogP contribution in [0.2, 0.25) is 0 Å². The summed E-state index contributed by atoms with van der Waals surface area (Å²) < 4.78 is 27.9. The van der Waals surface area contributed by atoms with Crippen LogP contribution in [0.5, 0.6) is 0 Å². The van der Waals surface area contributed by atoms with Crippen molar-refractivity contribution in [1.82, 2.24) is 25.0 Å². The molecule has 8 heteroatoms. The summed E-state index contributed by atoms with van der Waals surface area (Å²) >= 11 is 0. The van der Waals surface area contributed by atoms with Gasteiger partial charge in [0.15, 0.2) is 0 Å². The second kappa shape index (κ2) is 6.79. The van der Waals surface area contributed by atoms with Crippen LogP contribution >= 0.6 is 0 Å². The molecule has 0 aliphatic carbocycles. The molecule has 1 saturated heterocycles. The Bertz CT molecular complexity index is 1020. The maximum Gasteiger partial charge on any atom is 0.242 e. The number of fused-ring (bicyclic) bond motifs is 1. The monoisotopic (exact) mass is 371 g/mol. The van der Waals surface area contributed by atoms with E-state index in [2.05, 4.69) is 25.0 Å². The minimum Gasteiger partial charge on any atom is -0.344 e. The number of aromatic amines is 1. The van der Waals surface area contributed by atoms with Crippen molar-refractivity contribution in [3.8, 4) is 11.3 Å². The van der Waals surface area contributed by atoms with Crippen LogP contribution in [0, 0.1) is 6.92 Å². The summed E-state index contributed by atoms with van der Waals surface area (Å²) in [5, 5.41) is 4.20. The van der Waals surface area contributed by atoms with Gasteiger partial charge in [0.2, 0.25) is 10.0 Å². The zero-order valence-electron chi connectivity index (χ0n) is 14.5. The summed E-state index contributed by atoms with van der Waals surface area (Å²) in [6.07, 6.45) is 4.74. The van der Waals surface area contributed by atoms with Gasteiger partial charge in [0, 0.05) is 35.1 Å². The summed E-state index contributed by atoms with van der Waals surface area (Å²) in [4.78, 5) is 12.1. The lowest BCUT2D eigenvalue weighted by molar-refractivity contribution is 0.427. The molecule has 3 aromatic rings. The number of aromatic nitrogens is 3. The van der Waals surface area contributed by atoms with Crippen LogP contribution in [-0.2, 0) is 10.0 Å². The standard InChI is InChI=1S/C18H21N5O2S/c1-12-10-16-15(6-9-20-18(16)22-12)17-3-2-14(11-21-17)26(24,25)23-13-4-7-19-8-5-13/h2-3,6,9-11,13,19,23H,4-5,7-8H2,1H3,(H,20,22). The summed E-state index contributed by atoms with van der Waals surface area (Å²) in [6.45, 7) is 3.64. The lowest BCUT2D eigenvalue weighted by atomic mass is 10.1. The third-order valence-electron chi connectivity index (χ3n) is 4.65. The van der Waals surface area contributed by atoms with Gasteiger partial charge in [-0.1, -0.05) is 0 Å². The predicted octanol–water partition coefficient (Wildman–Crippen LogP) is 1.96. The normalized spacial score (nSPS) is 16.2. The lowest BCUT2D eigenvalue weighted by Gasteiger charge is -2.23. The molecule has 1 aliphatic heterocycles. The highest BCUT2D eigenvalue weighted by Crippen LogP contribution is 2.27. The van der Waals surface area contributed by atoms with Crippen LogP contribution in [0.1, 0.15) is 18.5 Å². The second-order valence-corrected chi connectivity index (χ2v) is 8.31.